The van der Waals surface area contributed by atoms with Crippen molar-refractivity contribution in [2.24, 2.45) is 7.05 Å². The second-order valence-corrected chi connectivity index (χ2v) is 14.8. The van der Waals surface area contributed by atoms with Crippen LogP contribution in [0.2, 0.25) is 0 Å². The number of amides is 1. The van der Waals surface area contributed by atoms with Gasteiger partial charge in [0.1, 0.15) is 5.60 Å². The number of aromatic nitrogens is 4. The first kappa shape index (κ1) is 28.4. The van der Waals surface area contributed by atoms with Crippen LogP contribution in [0, 0.1) is 0 Å². The molecule has 42 heavy (non-hydrogen) atoms. The highest BCUT2D eigenvalue weighted by molar-refractivity contribution is 8.03. The number of nitrogens with one attached hydrogen (secondary N) is 2. The number of ether oxygens (including phenoxy) is 1. The summed E-state index contributed by atoms with van der Waals surface area (Å²) >= 11 is 0. The van der Waals surface area contributed by atoms with Gasteiger partial charge in [-0.05, 0) is 58.7 Å². The predicted molar refractivity (Wildman–Crippen MR) is 162 cm³/mol. The summed E-state index contributed by atoms with van der Waals surface area (Å²) in [7, 11) is 0.650. The van der Waals surface area contributed by atoms with Gasteiger partial charge in [-0.3, -0.25) is 18.9 Å². The Morgan fingerprint density at radius 2 is 2.07 bits per heavy atom. The monoisotopic (exact) mass is 595 g/mol. The van der Waals surface area contributed by atoms with E-state index < -0.39 is 15.3 Å². The molecule has 3 aromatic rings. The van der Waals surface area contributed by atoms with Crippen LogP contribution in [-0.4, -0.2) is 70.2 Å². The molecular formula is C29H37N7O5S. The van der Waals surface area contributed by atoms with E-state index in [4.69, 9.17) is 14.6 Å². The van der Waals surface area contributed by atoms with Crippen LogP contribution in [0.1, 0.15) is 58.6 Å². The summed E-state index contributed by atoms with van der Waals surface area (Å²) in [5.41, 5.74) is 4.60. The SMILES string of the molecule is CONc1nc2c(C3=CCN(C(=O)OC(C)(C)C)[C@H](C)C3)cc(S3(=O)=C4CC4(C)N3)cc2c(=O)n1Cc1cnn(C)c1. The third-order valence-corrected chi connectivity index (χ3v) is 10.9. The minimum atomic E-state index is -2.62. The molecule has 3 aliphatic rings. The highest BCUT2D eigenvalue weighted by Gasteiger charge is 2.59. The number of anilines is 1. The molecule has 0 radical (unpaired) electrons. The molecule has 0 saturated heterocycles. The molecule has 4 heterocycles. The Hall–Kier alpha value is -3.68. The molecule has 2 unspecified atom stereocenters. The third-order valence-electron chi connectivity index (χ3n) is 7.93. The summed E-state index contributed by atoms with van der Waals surface area (Å²) in [6, 6.07) is 3.43. The van der Waals surface area contributed by atoms with E-state index in [0.29, 0.717) is 34.3 Å². The molecule has 3 atom stereocenters. The van der Waals surface area contributed by atoms with Crippen molar-refractivity contribution in [1.82, 2.24) is 29.0 Å². The van der Waals surface area contributed by atoms with Crippen molar-refractivity contribution in [2.45, 2.75) is 76.1 Å². The normalized spacial score (nSPS) is 25.1. The van der Waals surface area contributed by atoms with Crippen LogP contribution in [-0.2, 0) is 32.9 Å². The Balaban J connectivity index is 1.51. The number of nitrogens with zero attached hydrogens (tertiary/aromatic N) is 5. The lowest BCUT2D eigenvalue weighted by atomic mass is 9.93. The van der Waals surface area contributed by atoms with E-state index in [9.17, 15) is 13.8 Å². The number of aryl methyl sites for hydroxylation is 1. The maximum Gasteiger partial charge on any atom is 0.410 e. The number of fused-ring (bicyclic) bond motifs is 2. The Kier molecular flexibility index (Phi) is 6.55. The molecule has 1 amide bonds. The minimum absolute atomic E-state index is 0.169. The van der Waals surface area contributed by atoms with Crippen molar-refractivity contribution >= 4 is 43.1 Å². The lowest BCUT2D eigenvalue weighted by Gasteiger charge is -2.35. The molecule has 6 rings (SSSR count). The van der Waals surface area contributed by atoms with Crippen molar-refractivity contribution in [1.29, 1.82) is 0 Å². The topological polar surface area (TPSA) is 133 Å². The van der Waals surface area contributed by atoms with Gasteiger partial charge in [0.2, 0.25) is 5.95 Å². The van der Waals surface area contributed by atoms with Gasteiger partial charge in [-0.25, -0.2) is 24.2 Å². The number of carbonyl (C=O) groups is 1. The van der Waals surface area contributed by atoms with Gasteiger partial charge < -0.3 is 9.64 Å². The summed E-state index contributed by atoms with van der Waals surface area (Å²) < 4.78 is 26.1. The average Bonchev–Trinajstić information content (AvgIpc) is 3.26. The molecule has 13 heteroatoms. The van der Waals surface area contributed by atoms with Gasteiger partial charge in [-0.1, -0.05) is 6.08 Å². The number of hydrogen-bond donors (Lipinski definition) is 2. The van der Waals surface area contributed by atoms with E-state index in [1.165, 1.54) is 11.7 Å². The van der Waals surface area contributed by atoms with Gasteiger partial charge in [0.15, 0.2) is 0 Å². The first-order valence-corrected chi connectivity index (χ1v) is 15.5. The van der Waals surface area contributed by atoms with Crippen LogP contribution in [0.15, 0.2) is 40.3 Å². The van der Waals surface area contributed by atoms with Crippen LogP contribution in [0.3, 0.4) is 0 Å². The molecule has 1 fully saturated rings. The standard InChI is InChI=1S/C29H37N7O5S/c1-17-10-19(8-9-35(17)27(38)41-28(2,3)4)21-11-20(42(39)23-13-29(23,5)33-42)12-22-24(21)31-26(32-40-7)36(25(22)37)16-18-14-30-34(6)15-18/h8,11-12,14-15,17H,9-10,13,16H2,1-7H3,(H,31,32)(H,33,39)/t17-,29?,42?/m1/s1. The van der Waals surface area contributed by atoms with Crippen molar-refractivity contribution < 1.29 is 18.6 Å². The summed E-state index contributed by atoms with van der Waals surface area (Å²) in [6.07, 6.45) is 6.37. The molecule has 1 saturated carbocycles. The Morgan fingerprint density at radius 1 is 1.31 bits per heavy atom. The fourth-order valence-electron chi connectivity index (χ4n) is 5.78. The molecule has 224 valence electrons. The van der Waals surface area contributed by atoms with Crippen LogP contribution in [0.4, 0.5) is 10.7 Å². The van der Waals surface area contributed by atoms with Crippen molar-refractivity contribution in [3.8, 4) is 0 Å². The van der Waals surface area contributed by atoms with Crippen LogP contribution in [0.25, 0.3) is 16.5 Å². The van der Waals surface area contributed by atoms with Crippen molar-refractivity contribution in [3.05, 3.63) is 52.1 Å². The second kappa shape index (κ2) is 9.68. The highest BCUT2D eigenvalue weighted by atomic mass is 32.2. The van der Waals surface area contributed by atoms with E-state index in [2.05, 4.69) is 15.3 Å². The maximum atomic E-state index is 14.1. The second-order valence-electron chi connectivity index (χ2n) is 12.5. The largest absolute Gasteiger partial charge is 0.444 e. The molecule has 0 bridgehead atoms. The quantitative estimate of drug-likeness (QED) is 0.328. The van der Waals surface area contributed by atoms with Gasteiger partial charge in [-0.2, -0.15) is 5.10 Å². The van der Waals surface area contributed by atoms with Gasteiger partial charge in [0.25, 0.3) is 5.56 Å². The van der Waals surface area contributed by atoms with Crippen molar-refractivity contribution in [2.75, 3.05) is 19.1 Å². The van der Waals surface area contributed by atoms with Crippen LogP contribution < -0.4 is 15.8 Å². The predicted octanol–water partition coefficient (Wildman–Crippen LogP) is 3.06. The summed E-state index contributed by atoms with van der Waals surface area (Å²) in [5.74, 6) is 0.239. The number of carbonyl (C=O) groups excluding carboxylic acids is 1. The van der Waals surface area contributed by atoms with Crippen LogP contribution >= 0.6 is 0 Å². The van der Waals surface area contributed by atoms with Gasteiger partial charge in [0, 0.05) is 53.1 Å². The maximum absolute atomic E-state index is 14.1. The summed E-state index contributed by atoms with van der Waals surface area (Å²) in [6.45, 7) is 10.1. The van der Waals surface area contributed by atoms with E-state index in [-0.39, 0.29) is 35.7 Å². The zero-order chi connectivity index (χ0) is 30.2. The number of benzene rings is 1. The zero-order valence-corrected chi connectivity index (χ0v) is 25.8. The van der Waals surface area contributed by atoms with Crippen LogP contribution in [0.5, 0.6) is 0 Å². The zero-order valence-electron chi connectivity index (χ0n) is 25.0. The van der Waals surface area contributed by atoms with Gasteiger partial charge in [-0.15, -0.1) is 0 Å². The van der Waals surface area contributed by atoms with E-state index in [1.54, 1.807) is 21.8 Å². The smallest absolute Gasteiger partial charge is 0.410 e. The first-order valence-electron chi connectivity index (χ1n) is 14.0. The highest BCUT2D eigenvalue weighted by Crippen LogP contribution is 2.46. The Bertz CT molecular complexity index is 1840. The van der Waals surface area contributed by atoms with E-state index in [0.717, 1.165) is 22.4 Å². The Labute approximate surface area is 244 Å². The van der Waals surface area contributed by atoms with E-state index >= 15 is 0 Å². The lowest BCUT2D eigenvalue weighted by Crippen LogP contribution is -2.47. The third kappa shape index (κ3) is 4.78. The van der Waals surface area contributed by atoms with E-state index in [1.807, 2.05) is 60.0 Å². The summed E-state index contributed by atoms with van der Waals surface area (Å²) in [5, 5.41) is 4.58. The van der Waals surface area contributed by atoms with Gasteiger partial charge in [0.05, 0.1) is 46.0 Å². The molecule has 2 N–H and O–H groups in total. The molecule has 0 spiro atoms. The fourth-order valence-corrected chi connectivity index (χ4v) is 8.73. The fraction of sp³-hybridized carbons (Fsp3) is 0.483. The van der Waals surface area contributed by atoms with Gasteiger partial charge >= 0.3 is 6.09 Å². The molecule has 2 aliphatic heterocycles. The minimum Gasteiger partial charge on any atom is -0.444 e. The molecule has 2 aromatic heterocycles. The van der Waals surface area contributed by atoms with Crippen molar-refractivity contribution in [3.63, 3.8) is 0 Å². The number of rotatable bonds is 6. The molecule has 1 aromatic carbocycles. The Morgan fingerprint density at radius 3 is 2.64 bits per heavy atom. The molecule has 12 nitrogen and oxygen atoms in total. The number of hydrogen-bond acceptors (Lipinski definition) is 8. The molecule has 1 aliphatic carbocycles. The average molecular weight is 596 g/mol. The molecular weight excluding hydrogens is 558 g/mol. The first-order chi connectivity index (χ1) is 19.7. The lowest BCUT2D eigenvalue weighted by molar-refractivity contribution is 0.0199. The summed E-state index contributed by atoms with van der Waals surface area (Å²) in [4.78, 5) is 40.3.